The Bertz CT molecular complexity index is 461. The van der Waals surface area contributed by atoms with Crippen molar-refractivity contribution in [3.8, 4) is 0 Å². The number of aliphatic hydroxyl groups excluding tert-OH is 1. The van der Waals surface area contributed by atoms with E-state index in [2.05, 4.69) is 0 Å². The molecule has 5 heteroatoms. The van der Waals surface area contributed by atoms with E-state index in [1.165, 1.54) is 18.2 Å². The van der Waals surface area contributed by atoms with Crippen molar-refractivity contribution in [2.24, 2.45) is 0 Å². The van der Waals surface area contributed by atoms with Gasteiger partial charge >= 0.3 is 0 Å². The Balaban J connectivity index is 1.61. The largest absolute Gasteiger partial charge is 0.387 e. The topological polar surface area (TPSA) is 47.9 Å². The lowest BCUT2D eigenvalue weighted by atomic mass is 9.94. The molecule has 2 fully saturated rings. The SMILES string of the molecule is CO[C@H](Sc1ccccc1)[C@H](O)[C@H]1COC2(CCCCC2)O1. The van der Waals surface area contributed by atoms with Crippen molar-refractivity contribution in [1.29, 1.82) is 0 Å². The predicted molar refractivity (Wildman–Crippen MR) is 85.7 cm³/mol. The Kier molecular flexibility index (Phi) is 5.42. The quantitative estimate of drug-likeness (QED) is 0.666. The van der Waals surface area contributed by atoms with Crippen molar-refractivity contribution in [3.63, 3.8) is 0 Å². The zero-order valence-corrected chi connectivity index (χ0v) is 13.8. The fourth-order valence-electron chi connectivity index (χ4n) is 3.16. The van der Waals surface area contributed by atoms with E-state index >= 15 is 0 Å². The van der Waals surface area contributed by atoms with E-state index in [-0.39, 0.29) is 11.5 Å². The lowest BCUT2D eigenvalue weighted by Gasteiger charge is -2.33. The van der Waals surface area contributed by atoms with Gasteiger partial charge in [0.1, 0.15) is 17.6 Å². The molecule has 1 spiro atoms. The van der Waals surface area contributed by atoms with E-state index in [1.54, 1.807) is 7.11 Å². The van der Waals surface area contributed by atoms with Gasteiger partial charge in [0.25, 0.3) is 0 Å². The number of aliphatic hydroxyl groups is 1. The van der Waals surface area contributed by atoms with Gasteiger partial charge < -0.3 is 19.3 Å². The number of thioether (sulfide) groups is 1. The molecule has 0 aromatic heterocycles. The van der Waals surface area contributed by atoms with E-state index in [0.29, 0.717) is 6.61 Å². The number of benzene rings is 1. The molecule has 0 amide bonds. The standard InChI is InChI=1S/C17H24O4S/c1-19-16(22-13-8-4-2-5-9-13)15(18)14-12-20-17(21-14)10-6-3-7-11-17/h2,4-5,8-9,14-16,18H,3,6-7,10-12H2,1H3/t14-,15-,16-/m1/s1. The number of ether oxygens (including phenoxy) is 3. The molecule has 1 aliphatic carbocycles. The van der Waals surface area contributed by atoms with E-state index in [9.17, 15) is 5.11 Å². The average Bonchev–Trinajstić information content (AvgIpc) is 2.97. The van der Waals surface area contributed by atoms with Gasteiger partial charge in [0, 0.05) is 24.8 Å². The van der Waals surface area contributed by atoms with Gasteiger partial charge in [-0.25, -0.2) is 0 Å². The molecule has 4 nitrogen and oxygen atoms in total. The molecule has 122 valence electrons. The Morgan fingerprint density at radius 2 is 1.95 bits per heavy atom. The molecular formula is C17H24O4S. The molecule has 1 N–H and O–H groups in total. The third kappa shape index (κ3) is 3.66. The highest BCUT2D eigenvalue weighted by atomic mass is 32.2. The summed E-state index contributed by atoms with van der Waals surface area (Å²) in [6.45, 7) is 0.441. The van der Waals surface area contributed by atoms with E-state index in [0.717, 1.165) is 30.6 Å². The van der Waals surface area contributed by atoms with Crippen molar-refractivity contribution < 1.29 is 19.3 Å². The summed E-state index contributed by atoms with van der Waals surface area (Å²) in [5.74, 6) is -0.459. The minimum absolute atomic E-state index is 0.320. The zero-order valence-electron chi connectivity index (χ0n) is 12.9. The van der Waals surface area contributed by atoms with Crippen LogP contribution in [-0.4, -0.2) is 42.3 Å². The first kappa shape index (κ1) is 16.3. The van der Waals surface area contributed by atoms with Crippen molar-refractivity contribution in [2.45, 2.75) is 60.4 Å². The minimum Gasteiger partial charge on any atom is -0.387 e. The zero-order chi connectivity index (χ0) is 15.4. The van der Waals surface area contributed by atoms with Crippen LogP contribution in [0.1, 0.15) is 32.1 Å². The van der Waals surface area contributed by atoms with Gasteiger partial charge in [-0.2, -0.15) is 0 Å². The summed E-state index contributed by atoms with van der Waals surface area (Å²) in [5.41, 5.74) is -0.366. The number of rotatable bonds is 5. The first-order valence-electron chi connectivity index (χ1n) is 7.97. The molecule has 3 atom stereocenters. The summed E-state index contributed by atoms with van der Waals surface area (Å²) in [7, 11) is 1.62. The summed E-state index contributed by atoms with van der Waals surface area (Å²) in [6.07, 6.45) is 4.34. The number of hydrogen-bond acceptors (Lipinski definition) is 5. The molecule has 3 rings (SSSR count). The maximum Gasteiger partial charge on any atom is 0.169 e. The number of hydrogen-bond donors (Lipinski definition) is 1. The van der Waals surface area contributed by atoms with E-state index in [4.69, 9.17) is 14.2 Å². The highest BCUT2D eigenvalue weighted by Gasteiger charge is 2.46. The van der Waals surface area contributed by atoms with Gasteiger partial charge in [0.05, 0.1) is 6.61 Å². The van der Waals surface area contributed by atoms with Crippen LogP contribution < -0.4 is 0 Å². The van der Waals surface area contributed by atoms with Crippen LogP contribution >= 0.6 is 11.8 Å². The normalized spacial score (nSPS) is 26.9. The second kappa shape index (κ2) is 7.32. The fraction of sp³-hybridized carbons (Fsp3) is 0.647. The van der Waals surface area contributed by atoms with Crippen molar-refractivity contribution in [2.75, 3.05) is 13.7 Å². The van der Waals surface area contributed by atoms with Crippen molar-refractivity contribution in [1.82, 2.24) is 0 Å². The van der Waals surface area contributed by atoms with E-state index in [1.807, 2.05) is 30.3 Å². The summed E-state index contributed by atoms with van der Waals surface area (Å²) in [4.78, 5) is 1.07. The maximum atomic E-state index is 10.6. The molecule has 0 unspecified atom stereocenters. The summed E-state index contributed by atoms with van der Waals surface area (Å²) >= 11 is 1.51. The predicted octanol–water partition coefficient (Wildman–Crippen LogP) is 3.19. The van der Waals surface area contributed by atoms with Crippen LogP contribution in [-0.2, 0) is 14.2 Å². The average molecular weight is 324 g/mol. The van der Waals surface area contributed by atoms with Gasteiger partial charge in [-0.05, 0) is 25.0 Å². The van der Waals surface area contributed by atoms with Crippen LogP contribution in [0.4, 0.5) is 0 Å². The first-order valence-corrected chi connectivity index (χ1v) is 8.85. The molecule has 1 saturated carbocycles. The maximum absolute atomic E-state index is 10.6. The molecule has 0 radical (unpaired) electrons. The minimum atomic E-state index is -0.712. The lowest BCUT2D eigenvalue weighted by molar-refractivity contribution is -0.198. The highest BCUT2D eigenvalue weighted by Crippen LogP contribution is 2.40. The highest BCUT2D eigenvalue weighted by molar-refractivity contribution is 7.99. The molecule has 1 aliphatic heterocycles. The van der Waals surface area contributed by atoms with Gasteiger partial charge in [-0.15, -0.1) is 0 Å². The molecule has 2 aliphatic rings. The Morgan fingerprint density at radius 1 is 1.23 bits per heavy atom. The molecular weight excluding hydrogens is 300 g/mol. The van der Waals surface area contributed by atoms with Crippen LogP contribution in [0.5, 0.6) is 0 Å². The van der Waals surface area contributed by atoms with Gasteiger partial charge in [0.15, 0.2) is 5.79 Å². The first-order chi connectivity index (χ1) is 10.7. The van der Waals surface area contributed by atoms with Gasteiger partial charge in [0.2, 0.25) is 0 Å². The third-order valence-corrected chi connectivity index (χ3v) is 5.63. The van der Waals surface area contributed by atoms with Gasteiger partial charge in [-0.3, -0.25) is 0 Å². The monoisotopic (exact) mass is 324 g/mol. The van der Waals surface area contributed by atoms with Crippen molar-refractivity contribution >= 4 is 11.8 Å². The van der Waals surface area contributed by atoms with Crippen LogP contribution in [0, 0.1) is 0 Å². The molecule has 1 aromatic rings. The van der Waals surface area contributed by atoms with Crippen LogP contribution in [0.2, 0.25) is 0 Å². The second-order valence-electron chi connectivity index (χ2n) is 5.96. The summed E-state index contributed by atoms with van der Waals surface area (Å²) in [5, 5.41) is 10.6. The van der Waals surface area contributed by atoms with E-state index < -0.39 is 11.9 Å². The summed E-state index contributed by atoms with van der Waals surface area (Å²) in [6, 6.07) is 9.96. The Morgan fingerprint density at radius 3 is 2.64 bits per heavy atom. The molecule has 1 aromatic carbocycles. The summed E-state index contributed by atoms with van der Waals surface area (Å²) < 4.78 is 17.5. The fourth-order valence-corrected chi connectivity index (χ4v) is 4.16. The van der Waals surface area contributed by atoms with Gasteiger partial charge in [-0.1, -0.05) is 36.4 Å². The Labute approximate surface area is 136 Å². The van der Waals surface area contributed by atoms with Crippen LogP contribution in [0.25, 0.3) is 0 Å². The third-order valence-electron chi connectivity index (χ3n) is 4.38. The second-order valence-corrected chi connectivity index (χ2v) is 7.14. The molecule has 1 heterocycles. The number of methoxy groups -OCH3 is 1. The van der Waals surface area contributed by atoms with Crippen molar-refractivity contribution in [3.05, 3.63) is 30.3 Å². The smallest absolute Gasteiger partial charge is 0.169 e. The van der Waals surface area contributed by atoms with Crippen LogP contribution in [0.3, 0.4) is 0 Å². The molecule has 0 bridgehead atoms. The Hall–Kier alpha value is -0.590. The van der Waals surface area contributed by atoms with Crippen LogP contribution in [0.15, 0.2) is 35.2 Å². The molecule has 22 heavy (non-hydrogen) atoms. The lowest BCUT2D eigenvalue weighted by Crippen LogP contribution is -2.40. The molecule has 1 saturated heterocycles.